The number of thioether (sulfide) groups is 1. The highest BCUT2D eigenvalue weighted by Gasteiger charge is 2.17. The molecule has 0 aliphatic heterocycles. The Hall–Kier alpha value is -3.79. The quantitative estimate of drug-likeness (QED) is 0.333. The van der Waals surface area contributed by atoms with Crippen molar-refractivity contribution in [1.29, 1.82) is 0 Å². The third kappa shape index (κ3) is 5.23. The Balaban J connectivity index is 1.49. The van der Waals surface area contributed by atoms with Crippen LogP contribution in [0, 0.1) is 20.8 Å². The summed E-state index contributed by atoms with van der Waals surface area (Å²) in [4.78, 5) is 21.8. The van der Waals surface area contributed by atoms with Crippen molar-refractivity contribution in [2.24, 2.45) is 0 Å². The number of anilines is 1. The van der Waals surface area contributed by atoms with E-state index in [-0.39, 0.29) is 11.7 Å². The van der Waals surface area contributed by atoms with Crippen molar-refractivity contribution in [2.45, 2.75) is 32.3 Å². The highest BCUT2D eigenvalue weighted by atomic mass is 32.2. The molecule has 0 aliphatic carbocycles. The zero-order chi connectivity index (χ0) is 25.8. The predicted octanol–water partition coefficient (Wildman–Crippen LogP) is 4.40. The predicted molar refractivity (Wildman–Crippen MR) is 140 cm³/mol. The number of nitrogens with zero attached hydrogens (tertiary/aromatic N) is 4. The minimum absolute atomic E-state index is 0.127. The number of methoxy groups -OCH3 is 3. The summed E-state index contributed by atoms with van der Waals surface area (Å²) in [6.45, 7) is 6.13. The third-order valence-corrected chi connectivity index (χ3v) is 6.78. The number of aryl methyl sites for hydroxylation is 3. The van der Waals surface area contributed by atoms with Crippen LogP contribution in [0.5, 0.6) is 17.2 Å². The van der Waals surface area contributed by atoms with Gasteiger partial charge in [-0.05, 0) is 37.5 Å². The Labute approximate surface area is 214 Å². The van der Waals surface area contributed by atoms with Crippen LogP contribution < -0.4 is 19.5 Å². The Morgan fingerprint density at radius 1 is 1.00 bits per heavy atom. The van der Waals surface area contributed by atoms with Crippen LogP contribution in [0.1, 0.15) is 28.1 Å². The van der Waals surface area contributed by atoms with E-state index in [1.807, 2.05) is 26.0 Å². The number of nitrogens with one attached hydrogen (secondary N) is 1. The fourth-order valence-corrected chi connectivity index (χ4v) is 4.60. The van der Waals surface area contributed by atoms with Crippen molar-refractivity contribution < 1.29 is 19.0 Å². The Morgan fingerprint density at radius 2 is 1.69 bits per heavy atom. The van der Waals surface area contributed by atoms with Gasteiger partial charge in [-0.1, -0.05) is 36.0 Å². The molecule has 2 aromatic heterocycles. The first-order valence-corrected chi connectivity index (χ1v) is 12.3. The summed E-state index contributed by atoms with van der Waals surface area (Å²) in [5.74, 6) is 1.81. The highest BCUT2D eigenvalue weighted by Crippen LogP contribution is 2.40. The number of hydrogen-bond acceptors (Lipinski definition) is 8. The van der Waals surface area contributed by atoms with Gasteiger partial charge in [0.2, 0.25) is 16.8 Å². The normalized spacial score (nSPS) is 10.9. The lowest BCUT2D eigenvalue weighted by atomic mass is 9.99. The van der Waals surface area contributed by atoms with Crippen LogP contribution >= 0.6 is 11.8 Å². The van der Waals surface area contributed by atoms with Crippen LogP contribution in [0.25, 0.3) is 5.78 Å². The number of rotatable bonds is 9. The van der Waals surface area contributed by atoms with Gasteiger partial charge in [0, 0.05) is 35.6 Å². The second-order valence-electron chi connectivity index (χ2n) is 8.22. The lowest BCUT2D eigenvalue weighted by Gasteiger charge is -2.14. The number of aromatic nitrogens is 4. The lowest BCUT2D eigenvalue weighted by molar-refractivity contribution is -0.113. The fourth-order valence-electron chi connectivity index (χ4n) is 3.99. The van der Waals surface area contributed by atoms with E-state index in [0.29, 0.717) is 33.9 Å². The standard InChI is InChI=1S/C26H29N5O4S/c1-15-9-7-8-10-18(15)11-20-16(2)27-25-29-26(30-31(25)17(20)3)36-14-23(32)28-19-12-21(33-4)24(35-6)22(13-19)34-5/h7-10,12-13H,11,14H2,1-6H3,(H,28,32). The molecule has 0 radical (unpaired) electrons. The van der Waals surface area contributed by atoms with Gasteiger partial charge in [-0.3, -0.25) is 4.79 Å². The van der Waals surface area contributed by atoms with E-state index < -0.39 is 0 Å². The largest absolute Gasteiger partial charge is 0.493 e. The molecule has 0 fully saturated rings. The second-order valence-corrected chi connectivity index (χ2v) is 9.16. The molecule has 4 aromatic rings. The minimum atomic E-state index is -0.214. The number of ether oxygens (including phenoxy) is 3. The van der Waals surface area contributed by atoms with Gasteiger partial charge in [0.1, 0.15) is 0 Å². The van der Waals surface area contributed by atoms with E-state index in [2.05, 4.69) is 39.4 Å². The maximum Gasteiger partial charge on any atom is 0.253 e. The van der Waals surface area contributed by atoms with Gasteiger partial charge in [-0.2, -0.15) is 4.98 Å². The van der Waals surface area contributed by atoms with E-state index in [9.17, 15) is 4.79 Å². The lowest BCUT2D eigenvalue weighted by Crippen LogP contribution is -2.14. The van der Waals surface area contributed by atoms with Crippen molar-refractivity contribution >= 4 is 29.1 Å². The Bertz CT molecular complexity index is 1390. The number of fused-ring (bicyclic) bond motifs is 1. The molecule has 9 nitrogen and oxygen atoms in total. The third-order valence-electron chi connectivity index (χ3n) is 5.94. The first-order valence-electron chi connectivity index (χ1n) is 11.3. The van der Waals surface area contributed by atoms with Gasteiger partial charge in [0.15, 0.2) is 11.5 Å². The summed E-state index contributed by atoms with van der Waals surface area (Å²) < 4.78 is 17.8. The molecule has 10 heteroatoms. The molecule has 1 N–H and O–H groups in total. The molecule has 0 saturated carbocycles. The highest BCUT2D eigenvalue weighted by molar-refractivity contribution is 7.99. The Kier molecular flexibility index (Phi) is 7.64. The van der Waals surface area contributed by atoms with Crippen molar-refractivity contribution in [3.8, 4) is 17.2 Å². The minimum Gasteiger partial charge on any atom is -0.493 e. The average molecular weight is 508 g/mol. The van der Waals surface area contributed by atoms with Crippen LogP contribution in [0.4, 0.5) is 5.69 Å². The first-order chi connectivity index (χ1) is 17.3. The number of benzene rings is 2. The van der Waals surface area contributed by atoms with E-state index in [0.717, 1.165) is 23.4 Å². The SMILES string of the molecule is COc1cc(NC(=O)CSc2nc3nc(C)c(Cc4ccccc4C)c(C)n3n2)cc(OC)c1OC. The molecule has 36 heavy (non-hydrogen) atoms. The second kappa shape index (κ2) is 10.9. The summed E-state index contributed by atoms with van der Waals surface area (Å²) in [5, 5.41) is 7.94. The molecule has 0 bridgehead atoms. The van der Waals surface area contributed by atoms with Gasteiger partial charge in [0.05, 0.1) is 27.1 Å². The first kappa shape index (κ1) is 25.3. The monoisotopic (exact) mass is 507 g/mol. The Morgan fingerprint density at radius 3 is 2.33 bits per heavy atom. The van der Waals surface area contributed by atoms with Crippen molar-refractivity contribution in [1.82, 2.24) is 19.6 Å². The number of hydrogen-bond donors (Lipinski definition) is 1. The molecule has 0 unspecified atom stereocenters. The van der Waals surface area contributed by atoms with Crippen LogP contribution in [0.3, 0.4) is 0 Å². The average Bonchev–Trinajstić information content (AvgIpc) is 3.28. The van der Waals surface area contributed by atoms with Crippen molar-refractivity contribution in [3.05, 3.63) is 64.5 Å². The van der Waals surface area contributed by atoms with Gasteiger partial charge in [-0.15, -0.1) is 5.10 Å². The van der Waals surface area contributed by atoms with Crippen LogP contribution in [0.2, 0.25) is 0 Å². The molecule has 0 aliphatic rings. The summed E-state index contributed by atoms with van der Waals surface area (Å²) in [5.41, 5.74) is 6.06. The van der Waals surface area contributed by atoms with Crippen LogP contribution in [-0.2, 0) is 11.2 Å². The smallest absolute Gasteiger partial charge is 0.253 e. The fraction of sp³-hybridized carbons (Fsp3) is 0.308. The van der Waals surface area contributed by atoms with Gasteiger partial charge in [0.25, 0.3) is 5.78 Å². The molecule has 1 amide bonds. The number of carbonyl (C=O) groups is 1. The summed E-state index contributed by atoms with van der Waals surface area (Å²) >= 11 is 1.25. The van der Waals surface area contributed by atoms with Gasteiger partial charge >= 0.3 is 0 Å². The van der Waals surface area contributed by atoms with Gasteiger partial charge < -0.3 is 19.5 Å². The molecule has 0 spiro atoms. The van der Waals surface area contributed by atoms with E-state index >= 15 is 0 Å². The zero-order valence-electron chi connectivity index (χ0n) is 21.2. The number of amides is 1. The maximum absolute atomic E-state index is 12.6. The van der Waals surface area contributed by atoms with E-state index in [1.165, 1.54) is 44.2 Å². The topological polar surface area (TPSA) is 99.9 Å². The molecule has 2 aromatic carbocycles. The summed E-state index contributed by atoms with van der Waals surface area (Å²) in [6.07, 6.45) is 0.771. The van der Waals surface area contributed by atoms with Crippen LogP contribution in [-0.4, -0.2) is 52.6 Å². The van der Waals surface area contributed by atoms with E-state index in [4.69, 9.17) is 14.2 Å². The van der Waals surface area contributed by atoms with Crippen molar-refractivity contribution in [2.75, 3.05) is 32.4 Å². The molecule has 2 heterocycles. The maximum atomic E-state index is 12.6. The molecule has 4 rings (SSSR count). The van der Waals surface area contributed by atoms with E-state index in [1.54, 1.807) is 16.6 Å². The molecule has 0 atom stereocenters. The van der Waals surface area contributed by atoms with Crippen molar-refractivity contribution in [3.63, 3.8) is 0 Å². The molecular weight excluding hydrogens is 478 g/mol. The number of carbonyl (C=O) groups excluding carboxylic acids is 1. The van der Waals surface area contributed by atoms with Crippen LogP contribution in [0.15, 0.2) is 41.6 Å². The molecular formula is C26H29N5O4S. The molecule has 0 saturated heterocycles. The summed E-state index contributed by atoms with van der Waals surface area (Å²) in [6, 6.07) is 11.7. The molecule has 188 valence electrons. The van der Waals surface area contributed by atoms with Gasteiger partial charge in [-0.25, -0.2) is 9.50 Å². The zero-order valence-corrected chi connectivity index (χ0v) is 22.0. The summed E-state index contributed by atoms with van der Waals surface area (Å²) in [7, 11) is 4.58.